The maximum absolute atomic E-state index is 13.4. The first-order valence-electron chi connectivity index (χ1n) is 5.76. The summed E-state index contributed by atoms with van der Waals surface area (Å²) in [5.41, 5.74) is 6.18. The molecule has 3 nitrogen and oxygen atoms in total. The minimum atomic E-state index is -0.683. The van der Waals surface area contributed by atoms with E-state index in [4.69, 9.17) is 5.73 Å². The molecule has 0 aliphatic carbocycles. The lowest BCUT2D eigenvalue weighted by molar-refractivity contribution is 0.360. The van der Waals surface area contributed by atoms with E-state index in [9.17, 15) is 8.78 Å². The molecule has 1 aromatic rings. The van der Waals surface area contributed by atoms with Crippen molar-refractivity contribution in [2.75, 3.05) is 43.9 Å². The molecule has 1 fully saturated rings. The highest BCUT2D eigenvalue weighted by molar-refractivity contribution is 5.68. The Labute approximate surface area is 99.8 Å². The molecule has 94 valence electrons. The van der Waals surface area contributed by atoms with Gasteiger partial charge in [0.25, 0.3) is 0 Å². The van der Waals surface area contributed by atoms with Crippen molar-refractivity contribution >= 4 is 11.4 Å². The van der Waals surface area contributed by atoms with Gasteiger partial charge in [-0.15, -0.1) is 0 Å². The number of rotatable bonds is 1. The van der Waals surface area contributed by atoms with Gasteiger partial charge in [0.1, 0.15) is 5.82 Å². The van der Waals surface area contributed by atoms with Crippen molar-refractivity contribution in [3.8, 4) is 0 Å². The molecule has 2 rings (SSSR count). The summed E-state index contributed by atoms with van der Waals surface area (Å²) in [6, 6.07) is 2.13. The largest absolute Gasteiger partial charge is 0.395 e. The van der Waals surface area contributed by atoms with E-state index in [-0.39, 0.29) is 5.69 Å². The SMILES string of the molecule is CN1CCCN(c2cc(F)cc(F)c2N)CC1. The number of hydrogen-bond acceptors (Lipinski definition) is 3. The van der Waals surface area contributed by atoms with Crippen molar-refractivity contribution in [1.29, 1.82) is 0 Å². The predicted octanol–water partition coefficient (Wildman–Crippen LogP) is 1.69. The maximum Gasteiger partial charge on any atom is 0.151 e. The summed E-state index contributed by atoms with van der Waals surface area (Å²) in [5, 5.41) is 0. The normalized spacial score (nSPS) is 18.2. The van der Waals surface area contributed by atoms with Crippen molar-refractivity contribution in [1.82, 2.24) is 4.90 Å². The molecule has 0 amide bonds. The molecule has 0 bridgehead atoms. The van der Waals surface area contributed by atoms with Gasteiger partial charge in [-0.25, -0.2) is 8.78 Å². The topological polar surface area (TPSA) is 32.5 Å². The molecule has 0 spiro atoms. The van der Waals surface area contributed by atoms with Crippen molar-refractivity contribution in [2.45, 2.75) is 6.42 Å². The average Bonchev–Trinajstić information content (AvgIpc) is 2.48. The summed E-state index contributed by atoms with van der Waals surface area (Å²) < 4.78 is 26.6. The minimum Gasteiger partial charge on any atom is -0.395 e. The quantitative estimate of drug-likeness (QED) is 0.759. The van der Waals surface area contributed by atoms with Crippen molar-refractivity contribution in [3.05, 3.63) is 23.8 Å². The molecule has 0 unspecified atom stereocenters. The lowest BCUT2D eigenvalue weighted by atomic mass is 10.2. The Balaban J connectivity index is 2.26. The highest BCUT2D eigenvalue weighted by atomic mass is 19.1. The Morgan fingerprint density at radius 3 is 2.65 bits per heavy atom. The number of anilines is 2. The van der Waals surface area contributed by atoms with E-state index in [0.29, 0.717) is 5.69 Å². The second kappa shape index (κ2) is 4.87. The van der Waals surface area contributed by atoms with Crippen LogP contribution in [0.4, 0.5) is 20.2 Å². The van der Waals surface area contributed by atoms with Gasteiger partial charge in [-0.3, -0.25) is 0 Å². The van der Waals surface area contributed by atoms with Crippen LogP contribution in [0.15, 0.2) is 12.1 Å². The van der Waals surface area contributed by atoms with E-state index < -0.39 is 11.6 Å². The van der Waals surface area contributed by atoms with Gasteiger partial charge >= 0.3 is 0 Å². The van der Waals surface area contributed by atoms with Gasteiger partial charge in [-0.1, -0.05) is 0 Å². The van der Waals surface area contributed by atoms with Crippen LogP contribution in [0.1, 0.15) is 6.42 Å². The zero-order valence-electron chi connectivity index (χ0n) is 9.92. The summed E-state index contributed by atoms with van der Waals surface area (Å²) >= 11 is 0. The van der Waals surface area contributed by atoms with Gasteiger partial charge in [-0.2, -0.15) is 0 Å². The average molecular weight is 241 g/mol. The number of nitrogen functional groups attached to an aromatic ring is 1. The molecule has 1 saturated heterocycles. The zero-order chi connectivity index (χ0) is 12.4. The van der Waals surface area contributed by atoms with Crippen LogP contribution in [0.2, 0.25) is 0 Å². The van der Waals surface area contributed by atoms with Crippen LogP contribution in [0, 0.1) is 11.6 Å². The smallest absolute Gasteiger partial charge is 0.151 e. The second-order valence-electron chi connectivity index (χ2n) is 4.46. The van der Waals surface area contributed by atoms with E-state index in [2.05, 4.69) is 4.90 Å². The van der Waals surface area contributed by atoms with Gasteiger partial charge in [0.2, 0.25) is 0 Å². The van der Waals surface area contributed by atoms with E-state index in [1.165, 1.54) is 6.07 Å². The fourth-order valence-electron chi connectivity index (χ4n) is 2.12. The molecule has 1 aromatic carbocycles. The highest BCUT2D eigenvalue weighted by Crippen LogP contribution is 2.27. The molecule has 0 radical (unpaired) electrons. The monoisotopic (exact) mass is 241 g/mol. The minimum absolute atomic E-state index is 0.0379. The van der Waals surface area contributed by atoms with Crippen LogP contribution in [-0.2, 0) is 0 Å². The summed E-state index contributed by atoms with van der Waals surface area (Å²) in [6.07, 6.45) is 0.966. The number of nitrogens with zero attached hydrogens (tertiary/aromatic N) is 2. The van der Waals surface area contributed by atoms with E-state index in [1.54, 1.807) is 0 Å². The molecule has 1 aliphatic heterocycles. The Bertz CT molecular complexity index is 409. The molecular weight excluding hydrogens is 224 g/mol. The molecule has 5 heteroatoms. The Morgan fingerprint density at radius 1 is 1.12 bits per heavy atom. The van der Waals surface area contributed by atoms with Crippen molar-refractivity contribution < 1.29 is 8.78 Å². The van der Waals surface area contributed by atoms with Crippen LogP contribution in [0.25, 0.3) is 0 Å². The fraction of sp³-hybridized carbons (Fsp3) is 0.500. The van der Waals surface area contributed by atoms with Gasteiger partial charge in [0.05, 0.1) is 11.4 Å². The molecule has 17 heavy (non-hydrogen) atoms. The Kier molecular flexibility index (Phi) is 3.47. The Hall–Kier alpha value is -1.36. The van der Waals surface area contributed by atoms with Crippen LogP contribution >= 0.6 is 0 Å². The number of halogens is 2. The maximum atomic E-state index is 13.4. The Morgan fingerprint density at radius 2 is 1.88 bits per heavy atom. The number of benzene rings is 1. The number of likely N-dealkylation sites (N-methyl/N-ethyl adjacent to an activating group) is 1. The summed E-state index contributed by atoms with van der Waals surface area (Å²) in [5.74, 6) is -1.26. The van der Waals surface area contributed by atoms with Crippen molar-refractivity contribution in [3.63, 3.8) is 0 Å². The first kappa shape index (κ1) is 12.1. The summed E-state index contributed by atoms with van der Waals surface area (Å²) in [7, 11) is 2.04. The van der Waals surface area contributed by atoms with Gasteiger partial charge in [0.15, 0.2) is 5.82 Å². The lowest BCUT2D eigenvalue weighted by Crippen LogP contribution is -2.29. The first-order valence-corrected chi connectivity index (χ1v) is 5.76. The number of hydrogen-bond donors (Lipinski definition) is 1. The van der Waals surface area contributed by atoms with Crippen LogP contribution in [-0.4, -0.2) is 38.1 Å². The van der Waals surface area contributed by atoms with Crippen LogP contribution < -0.4 is 10.6 Å². The van der Waals surface area contributed by atoms with E-state index in [0.717, 1.165) is 38.7 Å². The first-order chi connectivity index (χ1) is 8.08. The van der Waals surface area contributed by atoms with Crippen LogP contribution in [0.3, 0.4) is 0 Å². The van der Waals surface area contributed by atoms with Crippen LogP contribution in [0.5, 0.6) is 0 Å². The summed E-state index contributed by atoms with van der Waals surface area (Å²) in [4.78, 5) is 4.15. The standard InChI is InChI=1S/C12H17F2N3/c1-16-3-2-4-17(6-5-16)11-8-9(13)7-10(14)12(11)15/h7-8H,2-6,15H2,1H3. The van der Waals surface area contributed by atoms with Crippen molar-refractivity contribution in [2.24, 2.45) is 0 Å². The molecule has 0 aromatic heterocycles. The third-order valence-electron chi connectivity index (χ3n) is 3.13. The van der Waals surface area contributed by atoms with E-state index in [1.807, 2.05) is 11.9 Å². The van der Waals surface area contributed by atoms with Gasteiger partial charge < -0.3 is 15.5 Å². The van der Waals surface area contributed by atoms with Gasteiger partial charge in [0, 0.05) is 25.7 Å². The molecule has 1 heterocycles. The third kappa shape index (κ3) is 2.66. The molecular formula is C12H17F2N3. The molecule has 0 atom stereocenters. The second-order valence-corrected chi connectivity index (χ2v) is 4.46. The summed E-state index contributed by atoms with van der Waals surface area (Å²) in [6.45, 7) is 3.38. The molecule has 2 N–H and O–H groups in total. The highest BCUT2D eigenvalue weighted by Gasteiger charge is 2.17. The van der Waals surface area contributed by atoms with Gasteiger partial charge in [-0.05, 0) is 26.1 Å². The number of nitrogens with two attached hydrogens (primary N) is 1. The fourth-order valence-corrected chi connectivity index (χ4v) is 2.12. The molecule has 0 saturated carbocycles. The third-order valence-corrected chi connectivity index (χ3v) is 3.13. The zero-order valence-corrected chi connectivity index (χ0v) is 9.92. The molecule has 1 aliphatic rings. The predicted molar refractivity (Wildman–Crippen MR) is 65.1 cm³/mol. The van der Waals surface area contributed by atoms with E-state index >= 15 is 0 Å². The lowest BCUT2D eigenvalue weighted by Gasteiger charge is -2.24.